The summed E-state index contributed by atoms with van der Waals surface area (Å²) < 4.78 is 5.22. The van der Waals surface area contributed by atoms with Gasteiger partial charge in [-0.05, 0) is 36.8 Å². The van der Waals surface area contributed by atoms with Gasteiger partial charge in [0.1, 0.15) is 0 Å². The van der Waals surface area contributed by atoms with Gasteiger partial charge in [0.05, 0.1) is 11.5 Å². The SMILES string of the molecule is Cc1ccc(CNC(=O)CSCc2nc(-c3ccc(Cl)cc3)no2)cc1. The van der Waals surface area contributed by atoms with E-state index >= 15 is 0 Å². The molecule has 1 amide bonds. The zero-order valence-electron chi connectivity index (χ0n) is 14.2. The van der Waals surface area contributed by atoms with Crippen LogP contribution in [0, 0.1) is 6.92 Å². The van der Waals surface area contributed by atoms with E-state index in [2.05, 4.69) is 15.5 Å². The third kappa shape index (κ3) is 5.34. The molecule has 3 rings (SSSR count). The summed E-state index contributed by atoms with van der Waals surface area (Å²) in [5.41, 5.74) is 3.12. The van der Waals surface area contributed by atoms with Gasteiger partial charge >= 0.3 is 0 Å². The molecule has 0 aliphatic rings. The topological polar surface area (TPSA) is 68.0 Å². The van der Waals surface area contributed by atoms with Gasteiger partial charge in [0.15, 0.2) is 0 Å². The van der Waals surface area contributed by atoms with Gasteiger partial charge in [0, 0.05) is 17.1 Å². The molecule has 0 fully saturated rings. The summed E-state index contributed by atoms with van der Waals surface area (Å²) in [4.78, 5) is 16.3. The predicted molar refractivity (Wildman–Crippen MR) is 104 cm³/mol. The lowest BCUT2D eigenvalue weighted by Crippen LogP contribution is -2.24. The van der Waals surface area contributed by atoms with Crippen LogP contribution in [0.15, 0.2) is 53.1 Å². The Morgan fingerprint density at radius 1 is 1.15 bits per heavy atom. The van der Waals surface area contributed by atoms with Crippen molar-refractivity contribution < 1.29 is 9.32 Å². The van der Waals surface area contributed by atoms with Gasteiger partial charge in [-0.2, -0.15) is 4.98 Å². The molecular weight excluding hydrogens is 370 g/mol. The van der Waals surface area contributed by atoms with Crippen molar-refractivity contribution >= 4 is 29.3 Å². The quantitative estimate of drug-likeness (QED) is 0.656. The predicted octanol–water partition coefficient (Wildman–Crippen LogP) is 4.25. The molecular formula is C19H18ClN3O2S. The van der Waals surface area contributed by atoms with Crippen molar-refractivity contribution in [1.82, 2.24) is 15.5 Å². The summed E-state index contributed by atoms with van der Waals surface area (Å²) in [5.74, 6) is 1.81. The van der Waals surface area contributed by atoms with E-state index in [1.807, 2.05) is 43.3 Å². The fraction of sp³-hybridized carbons (Fsp3) is 0.211. The van der Waals surface area contributed by atoms with Crippen LogP contribution in [0.4, 0.5) is 0 Å². The Hall–Kier alpha value is -2.31. The fourth-order valence-corrected chi connectivity index (χ4v) is 3.03. The lowest BCUT2D eigenvalue weighted by atomic mass is 10.1. The second kappa shape index (κ2) is 8.87. The third-order valence-electron chi connectivity index (χ3n) is 3.64. The van der Waals surface area contributed by atoms with E-state index in [9.17, 15) is 4.79 Å². The van der Waals surface area contributed by atoms with Crippen molar-refractivity contribution in [1.29, 1.82) is 0 Å². The van der Waals surface area contributed by atoms with Crippen molar-refractivity contribution in [2.45, 2.75) is 19.2 Å². The van der Waals surface area contributed by atoms with Gasteiger partial charge in [-0.1, -0.05) is 46.6 Å². The van der Waals surface area contributed by atoms with Gasteiger partial charge in [-0.25, -0.2) is 0 Å². The summed E-state index contributed by atoms with van der Waals surface area (Å²) in [6.45, 7) is 2.57. The number of thioether (sulfide) groups is 1. The van der Waals surface area contributed by atoms with E-state index in [1.54, 1.807) is 12.1 Å². The first-order valence-corrected chi connectivity index (χ1v) is 9.62. The van der Waals surface area contributed by atoms with Gasteiger partial charge in [0.25, 0.3) is 0 Å². The van der Waals surface area contributed by atoms with Crippen molar-refractivity contribution in [2.24, 2.45) is 0 Å². The van der Waals surface area contributed by atoms with Crippen LogP contribution in [0.5, 0.6) is 0 Å². The van der Waals surface area contributed by atoms with Gasteiger partial charge in [-0.15, -0.1) is 11.8 Å². The van der Waals surface area contributed by atoms with Crippen LogP contribution in [0.1, 0.15) is 17.0 Å². The van der Waals surface area contributed by atoms with Crippen molar-refractivity contribution in [2.75, 3.05) is 5.75 Å². The molecule has 0 atom stereocenters. The number of rotatable bonds is 7. The minimum absolute atomic E-state index is 0.0204. The molecule has 0 saturated carbocycles. The second-order valence-corrected chi connectivity index (χ2v) is 7.20. The van der Waals surface area contributed by atoms with E-state index in [0.29, 0.717) is 34.8 Å². The van der Waals surface area contributed by atoms with E-state index in [0.717, 1.165) is 11.1 Å². The Morgan fingerprint density at radius 2 is 1.88 bits per heavy atom. The normalized spacial score (nSPS) is 10.7. The number of hydrogen-bond acceptors (Lipinski definition) is 5. The van der Waals surface area contributed by atoms with Crippen molar-refractivity contribution in [3.05, 3.63) is 70.6 Å². The number of carbonyl (C=O) groups is 1. The molecule has 3 aromatic rings. The first-order valence-electron chi connectivity index (χ1n) is 8.08. The maximum absolute atomic E-state index is 11.9. The first-order chi connectivity index (χ1) is 12.6. The van der Waals surface area contributed by atoms with Gasteiger partial charge < -0.3 is 9.84 Å². The van der Waals surface area contributed by atoms with E-state index < -0.39 is 0 Å². The number of nitrogens with one attached hydrogen (secondary N) is 1. The fourth-order valence-electron chi connectivity index (χ4n) is 2.22. The number of benzene rings is 2. The van der Waals surface area contributed by atoms with E-state index in [-0.39, 0.29) is 5.91 Å². The Morgan fingerprint density at radius 3 is 2.62 bits per heavy atom. The average molecular weight is 388 g/mol. The molecule has 5 nitrogen and oxygen atoms in total. The van der Waals surface area contributed by atoms with E-state index in [4.69, 9.17) is 16.1 Å². The second-order valence-electron chi connectivity index (χ2n) is 5.77. The number of hydrogen-bond donors (Lipinski definition) is 1. The van der Waals surface area contributed by atoms with Crippen LogP contribution in [0.3, 0.4) is 0 Å². The highest BCUT2D eigenvalue weighted by atomic mass is 35.5. The Balaban J connectivity index is 1.42. The lowest BCUT2D eigenvalue weighted by molar-refractivity contribution is -0.118. The van der Waals surface area contributed by atoms with Crippen molar-refractivity contribution in [3.8, 4) is 11.4 Å². The zero-order valence-corrected chi connectivity index (χ0v) is 15.8. The molecule has 1 heterocycles. The molecule has 0 bridgehead atoms. The maximum Gasteiger partial charge on any atom is 0.236 e. The average Bonchev–Trinajstić information content (AvgIpc) is 3.11. The summed E-state index contributed by atoms with van der Waals surface area (Å²) in [6, 6.07) is 15.3. The number of halogens is 1. The number of carbonyl (C=O) groups excluding carboxylic acids is 1. The van der Waals surface area contributed by atoms with Gasteiger partial charge in [-0.3, -0.25) is 4.79 Å². The maximum atomic E-state index is 11.9. The monoisotopic (exact) mass is 387 g/mol. The number of aryl methyl sites for hydroxylation is 1. The van der Waals surface area contributed by atoms with Crippen LogP contribution in [-0.2, 0) is 17.1 Å². The number of aromatic nitrogens is 2. The molecule has 0 unspecified atom stereocenters. The van der Waals surface area contributed by atoms with Gasteiger partial charge in [0.2, 0.25) is 17.6 Å². The highest BCUT2D eigenvalue weighted by Crippen LogP contribution is 2.20. The highest BCUT2D eigenvalue weighted by Gasteiger charge is 2.10. The Bertz CT molecular complexity index is 863. The molecule has 1 aromatic heterocycles. The molecule has 2 aromatic carbocycles. The van der Waals surface area contributed by atoms with Crippen LogP contribution < -0.4 is 5.32 Å². The van der Waals surface area contributed by atoms with Crippen LogP contribution in [0.25, 0.3) is 11.4 Å². The molecule has 26 heavy (non-hydrogen) atoms. The highest BCUT2D eigenvalue weighted by molar-refractivity contribution is 7.99. The molecule has 0 aliphatic heterocycles. The summed E-state index contributed by atoms with van der Waals surface area (Å²) >= 11 is 7.30. The van der Waals surface area contributed by atoms with Crippen LogP contribution >= 0.6 is 23.4 Å². The van der Waals surface area contributed by atoms with Crippen LogP contribution in [0.2, 0.25) is 5.02 Å². The first kappa shape index (κ1) is 18.5. The van der Waals surface area contributed by atoms with Crippen LogP contribution in [-0.4, -0.2) is 21.8 Å². The lowest BCUT2D eigenvalue weighted by Gasteiger charge is -2.05. The summed E-state index contributed by atoms with van der Waals surface area (Å²) in [5, 5.41) is 7.51. The molecule has 0 radical (unpaired) electrons. The summed E-state index contributed by atoms with van der Waals surface area (Å²) in [7, 11) is 0. The van der Waals surface area contributed by atoms with Crippen molar-refractivity contribution in [3.63, 3.8) is 0 Å². The molecule has 1 N–H and O–H groups in total. The minimum atomic E-state index is -0.0204. The largest absolute Gasteiger partial charge is 0.351 e. The molecule has 7 heteroatoms. The zero-order chi connectivity index (χ0) is 18.4. The van der Waals surface area contributed by atoms with E-state index in [1.165, 1.54) is 17.3 Å². The Labute approximate surface area is 161 Å². The minimum Gasteiger partial charge on any atom is -0.351 e. The number of nitrogens with zero attached hydrogens (tertiary/aromatic N) is 2. The summed E-state index contributed by atoms with van der Waals surface area (Å²) in [6.07, 6.45) is 0. The molecule has 0 aliphatic carbocycles. The molecule has 0 saturated heterocycles. The smallest absolute Gasteiger partial charge is 0.236 e. The molecule has 0 spiro atoms. The Kier molecular flexibility index (Phi) is 6.30. The third-order valence-corrected chi connectivity index (χ3v) is 4.81. The molecule has 134 valence electrons. The number of amides is 1. The standard InChI is InChI=1S/C19H18ClN3O2S/c1-13-2-4-14(5-3-13)10-21-17(24)11-26-12-18-22-19(23-25-18)15-6-8-16(20)9-7-15/h2-9H,10-12H2,1H3,(H,21,24).